The number of rotatable bonds is 4. The van der Waals surface area contributed by atoms with Gasteiger partial charge < -0.3 is 5.32 Å². The standard InChI is InChI=1S/C17H16BrFN2O/c18-12-5-7-13(8-6-12)20-17(22)11-21-10-9-16(21)14-3-1-2-4-15(14)19/h1-8,16H,9-11H2,(H,20,22)/t16-/m0/s1. The minimum Gasteiger partial charge on any atom is -0.325 e. The second-order valence-electron chi connectivity index (χ2n) is 5.35. The lowest BCUT2D eigenvalue weighted by Crippen LogP contribution is -2.45. The third kappa shape index (κ3) is 3.36. The van der Waals surface area contributed by atoms with Gasteiger partial charge in [0, 0.05) is 28.3 Å². The molecule has 2 aromatic rings. The van der Waals surface area contributed by atoms with Crippen LogP contribution >= 0.6 is 15.9 Å². The molecular formula is C17H16BrFN2O. The first-order chi connectivity index (χ1) is 10.6. The molecule has 0 saturated carbocycles. The first kappa shape index (κ1) is 15.2. The third-order valence-electron chi connectivity index (χ3n) is 3.87. The molecule has 0 spiro atoms. The van der Waals surface area contributed by atoms with Gasteiger partial charge in [0.15, 0.2) is 0 Å². The van der Waals surface area contributed by atoms with Gasteiger partial charge in [-0.25, -0.2) is 4.39 Å². The van der Waals surface area contributed by atoms with Gasteiger partial charge in [0.25, 0.3) is 0 Å². The Balaban J connectivity index is 1.60. The SMILES string of the molecule is O=C(CN1CC[C@H]1c1ccccc1F)Nc1ccc(Br)cc1. The fraction of sp³-hybridized carbons (Fsp3) is 0.235. The molecule has 1 N–H and O–H groups in total. The molecule has 3 rings (SSSR count). The first-order valence-electron chi connectivity index (χ1n) is 7.17. The zero-order valence-corrected chi connectivity index (χ0v) is 13.5. The number of carbonyl (C=O) groups is 1. The number of nitrogens with one attached hydrogen (secondary N) is 1. The minimum atomic E-state index is -0.203. The average Bonchev–Trinajstić information content (AvgIpc) is 2.48. The van der Waals surface area contributed by atoms with Gasteiger partial charge in [0.05, 0.1) is 6.54 Å². The van der Waals surface area contributed by atoms with Gasteiger partial charge in [0.1, 0.15) is 5.82 Å². The molecule has 1 atom stereocenters. The zero-order chi connectivity index (χ0) is 15.5. The summed E-state index contributed by atoms with van der Waals surface area (Å²) < 4.78 is 14.8. The molecule has 2 aromatic carbocycles. The molecule has 5 heteroatoms. The Hall–Kier alpha value is -1.72. The van der Waals surface area contributed by atoms with E-state index < -0.39 is 0 Å². The summed E-state index contributed by atoms with van der Waals surface area (Å²) in [5.74, 6) is -0.283. The highest BCUT2D eigenvalue weighted by molar-refractivity contribution is 9.10. The highest BCUT2D eigenvalue weighted by atomic mass is 79.9. The Morgan fingerprint density at radius 1 is 1.23 bits per heavy atom. The second-order valence-corrected chi connectivity index (χ2v) is 6.27. The molecule has 3 nitrogen and oxygen atoms in total. The van der Waals surface area contributed by atoms with Crippen LogP contribution in [-0.2, 0) is 4.79 Å². The summed E-state index contributed by atoms with van der Waals surface area (Å²) >= 11 is 3.36. The zero-order valence-electron chi connectivity index (χ0n) is 11.9. The maximum absolute atomic E-state index is 13.8. The molecule has 0 radical (unpaired) electrons. The predicted molar refractivity (Wildman–Crippen MR) is 88.1 cm³/mol. The number of carbonyl (C=O) groups excluding carboxylic acids is 1. The monoisotopic (exact) mass is 362 g/mol. The second kappa shape index (κ2) is 6.58. The van der Waals surface area contributed by atoms with Gasteiger partial charge in [-0.05, 0) is 36.8 Å². The van der Waals surface area contributed by atoms with E-state index in [-0.39, 0.29) is 24.3 Å². The molecule has 1 aliphatic heterocycles. The van der Waals surface area contributed by atoms with E-state index in [1.54, 1.807) is 12.1 Å². The Labute approximate surface area is 137 Å². The summed E-state index contributed by atoms with van der Waals surface area (Å²) in [7, 11) is 0. The Morgan fingerprint density at radius 3 is 2.59 bits per heavy atom. The molecule has 22 heavy (non-hydrogen) atoms. The molecule has 1 aliphatic rings. The molecular weight excluding hydrogens is 347 g/mol. The van der Waals surface area contributed by atoms with Crippen molar-refractivity contribution in [2.24, 2.45) is 0 Å². The van der Waals surface area contributed by atoms with E-state index in [1.165, 1.54) is 6.07 Å². The highest BCUT2D eigenvalue weighted by Gasteiger charge is 2.32. The van der Waals surface area contributed by atoms with Crippen molar-refractivity contribution >= 4 is 27.5 Å². The summed E-state index contributed by atoms with van der Waals surface area (Å²) in [5, 5.41) is 2.86. The van der Waals surface area contributed by atoms with Crippen LogP contribution in [0.4, 0.5) is 10.1 Å². The molecule has 114 valence electrons. The number of hydrogen-bond donors (Lipinski definition) is 1. The molecule has 0 aliphatic carbocycles. The summed E-state index contributed by atoms with van der Waals surface area (Å²) in [5.41, 5.74) is 1.43. The molecule has 1 saturated heterocycles. The number of benzene rings is 2. The average molecular weight is 363 g/mol. The van der Waals surface area contributed by atoms with Crippen molar-refractivity contribution < 1.29 is 9.18 Å². The van der Waals surface area contributed by atoms with Crippen LogP contribution in [0.5, 0.6) is 0 Å². The lowest BCUT2D eigenvalue weighted by molar-refractivity contribution is -0.119. The van der Waals surface area contributed by atoms with E-state index in [4.69, 9.17) is 0 Å². The molecule has 1 amide bonds. The van der Waals surface area contributed by atoms with Gasteiger partial charge in [-0.2, -0.15) is 0 Å². The quantitative estimate of drug-likeness (QED) is 0.892. The lowest BCUT2D eigenvalue weighted by Gasteiger charge is -2.40. The van der Waals surface area contributed by atoms with Crippen molar-refractivity contribution in [2.75, 3.05) is 18.4 Å². The Kier molecular flexibility index (Phi) is 4.55. The van der Waals surface area contributed by atoms with Crippen LogP contribution in [0.2, 0.25) is 0 Å². The number of likely N-dealkylation sites (tertiary alicyclic amines) is 1. The van der Waals surface area contributed by atoms with Crippen LogP contribution in [-0.4, -0.2) is 23.9 Å². The van der Waals surface area contributed by atoms with Gasteiger partial charge >= 0.3 is 0 Å². The van der Waals surface area contributed by atoms with Crippen LogP contribution in [0.1, 0.15) is 18.0 Å². The summed E-state index contributed by atoms with van der Waals surface area (Å²) in [6.45, 7) is 1.09. The number of anilines is 1. The first-order valence-corrected chi connectivity index (χ1v) is 7.96. The normalized spacial score (nSPS) is 17.8. The molecule has 0 unspecified atom stereocenters. The van der Waals surface area contributed by atoms with Gasteiger partial charge in [-0.1, -0.05) is 34.1 Å². The van der Waals surface area contributed by atoms with Crippen LogP contribution in [0, 0.1) is 5.82 Å². The Morgan fingerprint density at radius 2 is 1.95 bits per heavy atom. The molecule has 0 aromatic heterocycles. The van der Waals surface area contributed by atoms with Crippen LogP contribution in [0.15, 0.2) is 53.0 Å². The van der Waals surface area contributed by atoms with Gasteiger partial charge in [0.2, 0.25) is 5.91 Å². The van der Waals surface area contributed by atoms with E-state index in [1.807, 2.05) is 35.2 Å². The van der Waals surface area contributed by atoms with E-state index in [2.05, 4.69) is 21.2 Å². The molecule has 1 fully saturated rings. The van der Waals surface area contributed by atoms with E-state index >= 15 is 0 Å². The maximum atomic E-state index is 13.8. The van der Waals surface area contributed by atoms with Crippen molar-refractivity contribution in [3.63, 3.8) is 0 Å². The summed E-state index contributed by atoms with van der Waals surface area (Å²) in [6.07, 6.45) is 0.881. The topological polar surface area (TPSA) is 32.3 Å². The highest BCUT2D eigenvalue weighted by Crippen LogP contribution is 2.34. The van der Waals surface area contributed by atoms with Crippen molar-refractivity contribution in [3.8, 4) is 0 Å². The van der Waals surface area contributed by atoms with Crippen LogP contribution < -0.4 is 5.32 Å². The lowest BCUT2D eigenvalue weighted by atomic mass is 9.94. The van der Waals surface area contributed by atoms with Crippen molar-refractivity contribution in [3.05, 3.63) is 64.4 Å². The summed E-state index contributed by atoms with van der Waals surface area (Å²) in [4.78, 5) is 14.1. The van der Waals surface area contributed by atoms with Gasteiger partial charge in [-0.15, -0.1) is 0 Å². The Bertz CT molecular complexity index is 675. The maximum Gasteiger partial charge on any atom is 0.238 e. The smallest absolute Gasteiger partial charge is 0.238 e. The van der Waals surface area contributed by atoms with E-state index in [9.17, 15) is 9.18 Å². The van der Waals surface area contributed by atoms with Crippen molar-refractivity contribution in [1.29, 1.82) is 0 Å². The molecule has 1 heterocycles. The van der Waals surface area contributed by atoms with Crippen LogP contribution in [0.3, 0.4) is 0 Å². The third-order valence-corrected chi connectivity index (χ3v) is 4.40. The van der Waals surface area contributed by atoms with E-state index in [0.717, 1.165) is 23.1 Å². The fourth-order valence-corrected chi connectivity index (χ4v) is 2.91. The van der Waals surface area contributed by atoms with Crippen molar-refractivity contribution in [2.45, 2.75) is 12.5 Å². The van der Waals surface area contributed by atoms with E-state index in [0.29, 0.717) is 5.56 Å². The predicted octanol–water partition coefficient (Wildman–Crippen LogP) is 3.97. The summed E-state index contributed by atoms with van der Waals surface area (Å²) in [6, 6.07) is 14.2. The number of amides is 1. The minimum absolute atomic E-state index is 0.00290. The fourth-order valence-electron chi connectivity index (χ4n) is 2.65. The number of halogens is 2. The molecule has 0 bridgehead atoms. The number of nitrogens with zero attached hydrogens (tertiary/aromatic N) is 1. The van der Waals surface area contributed by atoms with Crippen LogP contribution in [0.25, 0.3) is 0 Å². The van der Waals surface area contributed by atoms with Crippen molar-refractivity contribution in [1.82, 2.24) is 4.90 Å². The number of hydrogen-bond acceptors (Lipinski definition) is 2. The van der Waals surface area contributed by atoms with Gasteiger partial charge in [-0.3, -0.25) is 9.69 Å². The largest absolute Gasteiger partial charge is 0.325 e.